The second-order valence-corrected chi connectivity index (χ2v) is 3.18. The summed E-state index contributed by atoms with van der Waals surface area (Å²) in [6.07, 6.45) is 2.77. The highest BCUT2D eigenvalue weighted by Crippen LogP contribution is 2.20. The number of hydrogen-bond acceptors (Lipinski definition) is 6. The maximum absolute atomic E-state index is 9.50. The van der Waals surface area contributed by atoms with Crippen LogP contribution in [0.25, 0.3) is 0 Å². The predicted octanol–water partition coefficient (Wildman–Crippen LogP) is 0.954. The van der Waals surface area contributed by atoms with Gasteiger partial charge < -0.3 is 0 Å². The smallest absolute Gasteiger partial charge is 0.211 e. The van der Waals surface area contributed by atoms with Crippen molar-refractivity contribution >= 4 is 33.9 Å². The summed E-state index contributed by atoms with van der Waals surface area (Å²) in [6.45, 7) is 0.412. The van der Waals surface area contributed by atoms with E-state index in [0.717, 1.165) is 11.0 Å². The summed E-state index contributed by atoms with van der Waals surface area (Å²) in [5.74, 6) is 0.644. The van der Waals surface area contributed by atoms with Gasteiger partial charge in [0.2, 0.25) is 12.2 Å². The first-order valence-corrected chi connectivity index (χ1v) is 4.59. The molecule has 0 aliphatic carbocycles. The molecule has 54 valence electrons. The maximum atomic E-state index is 9.50. The van der Waals surface area contributed by atoms with Crippen LogP contribution in [0.2, 0.25) is 0 Å². The average molecular weight is 176 g/mol. The average Bonchev–Trinajstić information content (AvgIpc) is 1.97. The molecule has 0 bridgehead atoms. The van der Waals surface area contributed by atoms with Gasteiger partial charge in [-0.3, -0.25) is 0 Å². The molecule has 0 aliphatic heterocycles. The molecule has 4 nitrogen and oxygen atoms in total. The first kappa shape index (κ1) is 9.46. The van der Waals surface area contributed by atoms with Crippen molar-refractivity contribution in [2.45, 2.75) is 0 Å². The van der Waals surface area contributed by atoms with Gasteiger partial charge in [-0.2, -0.15) is 0 Å². The fourth-order valence-corrected chi connectivity index (χ4v) is 1.23. The zero-order valence-corrected chi connectivity index (χ0v) is 6.57. The van der Waals surface area contributed by atoms with Gasteiger partial charge >= 0.3 is 0 Å². The highest BCUT2D eigenvalue weighted by atomic mass is 33.1. The van der Waals surface area contributed by atoms with E-state index in [1.807, 2.05) is 0 Å². The minimum absolute atomic E-state index is 0.412. The highest BCUT2D eigenvalue weighted by Gasteiger charge is 1.84. The summed E-state index contributed by atoms with van der Waals surface area (Å²) in [5.41, 5.74) is 0. The number of aliphatic imine (C=N–C) groups is 1. The molecule has 0 aliphatic rings. The molecule has 0 aromatic carbocycles. The molecule has 0 unspecified atom stereocenters. The quantitative estimate of drug-likeness (QED) is 0.206. The van der Waals surface area contributed by atoms with Gasteiger partial charge in [0, 0.05) is 5.75 Å². The molecule has 0 aromatic heterocycles. The van der Waals surface area contributed by atoms with Crippen molar-refractivity contribution < 1.29 is 9.59 Å². The van der Waals surface area contributed by atoms with E-state index >= 15 is 0 Å². The minimum atomic E-state index is 0.412. The van der Waals surface area contributed by atoms with Crippen LogP contribution in [0.5, 0.6) is 0 Å². The van der Waals surface area contributed by atoms with E-state index in [-0.39, 0.29) is 0 Å². The van der Waals surface area contributed by atoms with Gasteiger partial charge in [0.1, 0.15) is 0 Å². The van der Waals surface area contributed by atoms with E-state index in [1.54, 1.807) is 0 Å². The second kappa shape index (κ2) is 8.46. The van der Waals surface area contributed by atoms with Crippen molar-refractivity contribution in [3.63, 3.8) is 0 Å². The molecule has 0 N–H and O–H groups in total. The van der Waals surface area contributed by atoms with E-state index in [1.165, 1.54) is 23.0 Å². The van der Waals surface area contributed by atoms with Crippen LogP contribution in [0, 0.1) is 0 Å². The lowest BCUT2D eigenvalue weighted by molar-refractivity contribution is 0.563. The van der Waals surface area contributed by atoms with Gasteiger partial charge in [-0.15, -0.1) is 4.40 Å². The van der Waals surface area contributed by atoms with Crippen LogP contribution in [0.1, 0.15) is 0 Å². The zero-order chi connectivity index (χ0) is 7.66. The molecular weight excluding hydrogens is 172 g/mol. The second-order valence-electron chi connectivity index (χ2n) is 1.05. The molecule has 0 fully saturated rings. The molecule has 0 spiro atoms. The lowest BCUT2D eigenvalue weighted by atomic mass is 10.8. The summed E-state index contributed by atoms with van der Waals surface area (Å²) in [6, 6.07) is 0. The molecule has 0 amide bonds. The van der Waals surface area contributed by atoms with Gasteiger partial charge in [0.05, 0.1) is 17.5 Å². The van der Waals surface area contributed by atoms with Crippen molar-refractivity contribution in [2.24, 2.45) is 9.39 Å². The molecule has 0 aromatic rings. The Hall–Kier alpha value is -0.540. The third-order valence-corrected chi connectivity index (χ3v) is 2.12. The minimum Gasteiger partial charge on any atom is -0.211 e. The summed E-state index contributed by atoms with van der Waals surface area (Å²) in [5, 5.41) is 0. The Morgan fingerprint density at radius 2 is 2.10 bits per heavy atom. The maximum Gasteiger partial charge on any atom is 0.248 e. The Morgan fingerprint density at radius 1 is 1.30 bits per heavy atom. The van der Waals surface area contributed by atoms with Crippen LogP contribution in [0.3, 0.4) is 0 Å². The summed E-state index contributed by atoms with van der Waals surface area (Å²) in [7, 11) is 2.36. The van der Waals surface area contributed by atoms with Crippen LogP contribution in [0.4, 0.5) is 0 Å². The number of rotatable bonds is 5. The molecule has 0 rings (SSSR count). The van der Waals surface area contributed by atoms with Crippen LogP contribution in [0.15, 0.2) is 9.39 Å². The SMILES string of the molecule is O=C=NCCSSN=C=O. The molecule has 0 saturated heterocycles. The predicted molar refractivity (Wildman–Crippen MR) is 41.2 cm³/mol. The van der Waals surface area contributed by atoms with Gasteiger partial charge in [-0.05, 0) is 0 Å². The van der Waals surface area contributed by atoms with E-state index in [4.69, 9.17) is 0 Å². The van der Waals surface area contributed by atoms with Gasteiger partial charge in [-0.25, -0.2) is 14.6 Å². The lowest BCUT2D eigenvalue weighted by Crippen LogP contribution is -1.79. The summed E-state index contributed by atoms with van der Waals surface area (Å²) < 4.78 is 3.20. The van der Waals surface area contributed by atoms with Crippen molar-refractivity contribution in [1.82, 2.24) is 0 Å². The molecule has 6 heteroatoms. The highest BCUT2D eigenvalue weighted by molar-refractivity contribution is 8.76. The van der Waals surface area contributed by atoms with E-state index < -0.39 is 0 Å². The van der Waals surface area contributed by atoms with Gasteiger partial charge in [-0.1, -0.05) is 10.8 Å². The molecular formula is C4H4N2O2S2. The monoisotopic (exact) mass is 176 g/mol. The Labute approximate surface area is 65.7 Å². The van der Waals surface area contributed by atoms with Gasteiger partial charge in [0.15, 0.2) is 0 Å². The van der Waals surface area contributed by atoms with Crippen LogP contribution < -0.4 is 0 Å². The largest absolute Gasteiger partial charge is 0.248 e. The summed E-state index contributed by atoms with van der Waals surface area (Å²) >= 11 is 0. The number of nitrogens with zero attached hydrogens (tertiary/aromatic N) is 2. The van der Waals surface area contributed by atoms with E-state index in [2.05, 4.69) is 9.39 Å². The van der Waals surface area contributed by atoms with E-state index in [9.17, 15) is 9.59 Å². The lowest BCUT2D eigenvalue weighted by Gasteiger charge is -1.85. The molecule has 0 atom stereocenters. The normalized spacial score (nSPS) is 7.60. The number of carbonyl (C=O) groups excluding carboxylic acids is 2. The Bertz CT molecular complexity index is 152. The molecule has 0 saturated carbocycles. The third kappa shape index (κ3) is 7.46. The van der Waals surface area contributed by atoms with Crippen molar-refractivity contribution in [3.8, 4) is 0 Å². The first-order valence-electron chi connectivity index (χ1n) is 2.31. The third-order valence-electron chi connectivity index (χ3n) is 0.478. The van der Waals surface area contributed by atoms with E-state index in [0.29, 0.717) is 12.3 Å². The van der Waals surface area contributed by atoms with Gasteiger partial charge in [0.25, 0.3) is 0 Å². The fourth-order valence-electron chi connectivity index (χ4n) is 0.207. The Morgan fingerprint density at radius 3 is 2.70 bits per heavy atom. The topological polar surface area (TPSA) is 58.9 Å². The molecule has 10 heavy (non-hydrogen) atoms. The molecule has 0 radical (unpaired) electrons. The Kier molecular flexibility index (Phi) is 8.00. The Balaban J connectivity index is 3.04. The number of hydrogen-bond donors (Lipinski definition) is 0. The van der Waals surface area contributed by atoms with Crippen LogP contribution >= 0.6 is 21.8 Å². The standard InChI is InChI=1S/C4H4N2O2S2/c7-3-5-1-2-9-10-6-4-8/h1-2H2. The van der Waals surface area contributed by atoms with Crippen molar-refractivity contribution in [2.75, 3.05) is 12.3 Å². The van der Waals surface area contributed by atoms with Crippen molar-refractivity contribution in [1.29, 1.82) is 0 Å². The first-order chi connectivity index (χ1) is 4.91. The number of isocyanates is 2. The van der Waals surface area contributed by atoms with Crippen molar-refractivity contribution in [3.05, 3.63) is 0 Å². The fraction of sp³-hybridized carbons (Fsp3) is 0.500. The molecule has 0 heterocycles. The van der Waals surface area contributed by atoms with Crippen LogP contribution in [-0.4, -0.2) is 24.5 Å². The zero-order valence-electron chi connectivity index (χ0n) is 4.94. The van der Waals surface area contributed by atoms with Crippen LogP contribution in [-0.2, 0) is 9.59 Å². The summed E-state index contributed by atoms with van der Waals surface area (Å²) in [4.78, 5) is 22.3.